The number of carboxylic acid groups (broad SMARTS) is 1. The largest absolute Gasteiger partial charge is 0.478 e. The lowest BCUT2D eigenvalue weighted by Crippen LogP contribution is -2.31. The lowest BCUT2D eigenvalue weighted by Gasteiger charge is -2.25. The number of hydrogen-bond acceptors (Lipinski definition) is 3. The molecule has 2 aromatic rings. The standard InChI is InChI=1S/C18H19NO3S/c1-13(14-8-4-3-5-9-14)19(2)17(20)12-23-16-11-7-6-10-15(16)18(21)22/h3-11,13H,12H2,1-2H3,(H,21,22). The molecule has 5 heteroatoms. The molecule has 23 heavy (non-hydrogen) atoms. The van der Waals surface area contributed by atoms with Crippen molar-refractivity contribution in [1.82, 2.24) is 4.90 Å². The van der Waals surface area contributed by atoms with Crippen LogP contribution in [0.2, 0.25) is 0 Å². The van der Waals surface area contributed by atoms with Crippen molar-refractivity contribution in [2.75, 3.05) is 12.8 Å². The van der Waals surface area contributed by atoms with Gasteiger partial charge in [-0.25, -0.2) is 4.79 Å². The smallest absolute Gasteiger partial charge is 0.336 e. The zero-order chi connectivity index (χ0) is 16.8. The Bertz CT molecular complexity index is 688. The molecule has 2 rings (SSSR count). The van der Waals surface area contributed by atoms with Crippen LogP contribution in [0.5, 0.6) is 0 Å². The van der Waals surface area contributed by atoms with Gasteiger partial charge in [-0.15, -0.1) is 11.8 Å². The average Bonchev–Trinajstić information content (AvgIpc) is 2.59. The molecule has 0 spiro atoms. The summed E-state index contributed by atoms with van der Waals surface area (Å²) in [5.41, 5.74) is 1.29. The Morgan fingerprint density at radius 3 is 2.35 bits per heavy atom. The van der Waals surface area contributed by atoms with Crippen LogP contribution in [-0.4, -0.2) is 34.7 Å². The third kappa shape index (κ3) is 4.36. The average molecular weight is 329 g/mol. The second-order valence-corrected chi connectivity index (χ2v) is 6.20. The topological polar surface area (TPSA) is 57.6 Å². The number of rotatable bonds is 6. The Hall–Kier alpha value is -2.27. The number of carbonyl (C=O) groups excluding carboxylic acids is 1. The maximum absolute atomic E-state index is 12.4. The van der Waals surface area contributed by atoms with Crippen molar-refractivity contribution in [1.29, 1.82) is 0 Å². The third-order valence-corrected chi connectivity index (χ3v) is 4.78. The Balaban J connectivity index is 2.01. The van der Waals surface area contributed by atoms with Gasteiger partial charge in [-0.05, 0) is 24.6 Å². The second kappa shape index (κ2) is 7.83. The molecular weight excluding hydrogens is 310 g/mol. The molecule has 0 heterocycles. The van der Waals surface area contributed by atoms with E-state index in [0.717, 1.165) is 5.56 Å². The maximum atomic E-state index is 12.4. The van der Waals surface area contributed by atoms with Gasteiger partial charge < -0.3 is 10.0 Å². The first-order valence-electron chi connectivity index (χ1n) is 7.26. The highest BCUT2D eigenvalue weighted by atomic mass is 32.2. The minimum absolute atomic E-state index is 0.0287. The molecule has 0 saturated carbocycles. The van der Waals surface area contributed by atoms with E-state index < -0.39 is 5.97 Å². The van der Waals surface area contributed by atoms with E-state index in [1.54, 1.807) is 36.2 Å². The highest BCUT2D eigenvalue weighted by Gasteiger charge is 2.18. The summed E-state index contributed by atoms with van der Waals surface area (Å²) in [4.78, 5) is 25.8. The Labute approximate surface area is 140 Å². The zero-order valence-electron chi connectivity index (χ0n) is 13.1. The van der Waals surface area contributed by atoms with Crippen LogP contribution >= 0.6 is 11.8 Å². The first-order valence-corrected chi connectivity index (χ1v) is 8.25. The highest BCUT2D eigenvalue weighted by Crippen LogP contribution is 2.25. The summed E-state index contributed by atoms with van der Waals surface area (Å²) in [5, 5.41) is 9.17. The number of nitrogens with zero attached hydrogens (tertiary/aromatic N) is 1. The van der Waals surface area contributed by atoms with Crippen molar-refractivity contribution in [2.45, 2.75) is 17.9 Å². The van der Waals surface area contributed by atoms with Crippen LogP contribution in [0.4, 0.5) is 0 Å². The van der Waals surface area contributed by atoms with Crippen LogP contribution in [0.25, 0.3) is 0 Å². The number of thioether (sulfide) groups is 1. The summed E-state index contributed by atoms with van der Waals surface area (Å²) < 4.78 is 0. The number of amides is 1. The molecule has 0 fully saturated rings. The number of carbonyl (C=O) groups is 2. The molecule has 0 aromatic heterocycles. The van der Waals surface area contributed by atoms with Crippen LogP contribution < -0.4 is 0 Å². The molecule has 1 unspecified atom stereocenters. The summed E-state index contributed by atoms with van der Waals surface area (Å²) in [5.74, 6) is -0.809. The van der Waals surface area contributed by atoms with Gasteiger partial charge in [-0.3, -0.25) is 4.79 Å². The van der Waals surface area contributed by atoms with Crippen molar-refractivity contribution < 1.29 is 14.7 Å². The SMILES string of the molecule is CC(c1ccccc1)N(C)C(=O)CSc1ccccc1C(=O)O. The minimum Gasteiger partial charge on any atom is -0.478 e. The van der Waals surface area contributed by atoms with Crippen molar-refractivity contribution in [3.05, 3.63) is 65.7 Å². The van der Waals surface area contributed by atoms with Crippen LogP contribution in [0.3, 0.4) is 0 Å². The molecule has 1 N–H and O–H groups in total. The van der Waals surface area contributed by atoms with E-state index in [1.807, 2.05) is 37.3 Å². The predicted molar refractivity (Wildman–Crippen MR) is 91.8 cm³/mol. The van der Waals surface area contributed by atoms with E-state index in [4.69, 9.17) is 5.11 Å². The molecular formula is C18H19NO3S. The molecule has 0 aliphatic rings. The fourth-order valence-electron chi connectivity index (χ4n) is 2.18. The number of benzene rings is 2. The molecule has 4 nitrogen and oxygen atoms in total. The quantitative estimate of drug-likeness (QED) is 0.821. The van der Waals surface area contributed by atoms with Gasteiger partial charge in [0.05, 0.1) is 17.4 Å². The molecule has 1 atom stereocenters. The van der Waals surface area contributed by atoms with E-state index in [2.05, 4.69) is 0 Å². The van der Waals surface area contributed by atoms with E-state index in [-0.39, 0.29) is 23.3 Å². The normalized spacial score (nSPS) is 11.7. The van der Waals surface area contributed by atoms with Gasteiger partial charge in [-0.2, -0.15) is 0 Å². The molecule has 120 valence electrons. The molecule has 0 aliphatic heterocycles. The fourth-order valence-corrected chi connectivity index (χ4v) is 3.15. The molecule has 2 aromatic carbocycles. The van der Waals surface area contributed by atoms with Crippen LogP contribution in [0, 0.1) is 0 Å². The lowest BCUT2D eigenvalue weighted by atomic mass is 10.1. The second-order valence-electron chi connectivity index (χ2n) is 5.18. The first kappa shape index (κ1) is 17.1. The lowest BCUT2D eigenvalue weighted by molar-refractivity contribution is -0.128. The summed E-state index contributed by atoms with van der Waals surface area (Å²) >= 11 is 1.25. The van der Waals surface area contributed by atoms with Crippen LogP contribution in [-0.2, 0) is 4.79 Å². The number of carboxylic acids is 1. The van der Waals surface area contributed by atoms with Crippen LogP contribution in [0.1, 0.15) is 28.9 Å². The summed E-state index contributed by atoms with van der Waals surface area (Å²) in [6.45, 7) is 1.98. The van der Waals surface area contributed by atoms with Crippen molar-refractivity contribution in [3.8, 4) is 0 Å². The molecule has 0 aliphatic carbocycles. The summed E-state index contributed by atoms with van der Waals surface area (Å²) in [6.07, 6.45) is 0. The Morgan fingerprint density at radius 1 is 1.09 bits per heavy atom. The van der Waals surface area contributed by atoms with Gasteiger partial charge in [0, 0.05) is 11.9 Å². The fraction of sp³-hybridized carbons (Fsp3) is 0.222. The highest BCUT2D eigenvalue weighted by molar-refractivity contribution is 8.00. The van der Waals surface area contributed by atoms with Gasteiger partial charge in [-0.1, -0.05) is 42.5 Å². The van der Waals surface area contributed by atoms with Gasteiger partial charge >= 0.3 is 5.97 Å². The van der Waals surface area contributed by atoms with E-state index >= 15 is 0 Å². The number of aromatic carboxylic acids is 1. The van der Waals surface area contributed by atoms with Crippen molar-refractivity contribution in [3.63, 3.8) is 0 Å². The Kier molecular flexibility index (Phi) is 5.82. The maximum Gasteiger partial charge on any atom is 0.336 e. The molecule has 0 radical (unpaired) electrons. The van der Waals surface area contributed by atoms with Crippen molar-refractivity contribution in [2.24, 2.45) is 0 Å². The van der Waals surface area contributed by atoms with Gasteiger partial charge in [0.1, 0.15) is 0 Å². The van der Waals surface area contributed by atoms with E-state index in [0.29, 0.717) is 4.90 Å². The van der Waals surface area contributed by atoms with Crippen LogP contribution in [0.15, 0.2) is 59.5 Å². The minimum atomic E-state index is -0.980. The van der Waals surface area contributed by atoms with Gasteiger partial charge in [0.25, 0.3) is 0 Å². The first-order chi connectivity index (χ1) is 11.0. The number of hydrogen-bond donors (Lipinski definition) is 1. The van der Waals surface area contributed by atoms with E-state index in [9.17, 15) is 9.59 Å². The van der Waals surface area contributed by atoms with Gasteiger partial charge in [0.2, 0.25) is 5.91 Å². The predicted octanol–water partition coefficient (Wildman–Crippen LogP) is 3.70. The summed E-state index contributed by atoms with van der Waals surface area (Å²) in [6, 6.07) is 16.5. The molecule has 1 amide bonds. The zero-order valence-corrected chi connectivity index (χ0v) is 13.9. The monoisotopic (exact) mass is 329 g/mol. The Morgan fingerprint density at radius 2 is 1.70 bits per heavy atom. The van der Waals surface area contributed by atoms with E-state index in [1.165, 1.54) is 11.8 Å². The van der Waals surface area contributed by atoms with Crippen molar-refractivity contribution >= 4 is 23.6 Å². The molecule has 0 saturated heterocycles. The summed E-state index contributed by atoms with van der Waals surface area (Å²) in [7, 11) is 1.77. The van der Waals surface area contributed by atoms with Gasteiger partial charge in [0.15, 0.2) is 0 Å². The third-order valence-electron chi connectivity index (χ3n) is 3.72. The molecule has 0 bridgehead atoms.